The van der Waals surface area contributed by atoms with E-state index in [2.05, 4.69) is 37.4 Å². The van der Waals surface area contributed by atoms with E-state index < -0.39 is 0 Å². The highest BCUT2D eigenvalue weighted by Gasteiger charge is 2.29. The minimum absolute atomic E-state index is 0.153. The van der Waals surface area contributed by atoms with Gasteiger partial charge in [-0.3, -0.25) is 5.32 Å². The molecule has 0 spiro atoms. The Morgan fingerprint density at radius 2 is 2.00 bits per heavy atom. The maximum absolute atomic E-state index is 9.20. The van der Waals surface area contributed by atoms with Gasteiger partial charge in [-0.1, -0.05) is 56.3 Å². The minimum atomic E-state index is -0.204. The van der Waals surface area contributed by atoms with Gasteiger partial charge in [0.2, 0.25) is 0 Å². The van der Waals surface area contributed by atoms with Crippen molar-refractivity contribution in [3.05, 3.63) is 65.2 Å². The molecule has 2 N–H and O–H groups in total. The fourth-order valence-electron chi connectivity index (χ4n) is 3.17. The van der Waals surface area contributed by atoms with Crippen LogP contribution in [0, 0.1) is 0 Å². The summed E-state index contributed by atoms with van der Waals surface area (Å²) >= 11 is 0. The second kappa shape index (κ2) is 8.48. The molecule has 2 aromatic rings. The van der Waals surface area contributed by atoms with Crippen LogP contribution in [0.2, 0.25) is 0 Å². The lowest BCUT2D eigenvalue weighted by Crippen LogP contribution is -2.33. The fourth-order valence-corrected chi connectivity index (χ4v) is 3.17. The molecule has 1 aliphatic heterocycles. The van der Waals surface area contributed by atoms with Crippen molar-refractivity contribution in [2.75, 3.05) is 19.8 Å². The lowest BCUT2D eigenvalue weighted by Gasteiger charge is -2.27. The third-order valence-electron chi connectivity index (χ3n) is 4.50. The van der Waals surface area contributed by atoms with Crippen molar-refractivity contribution in [2.24, 2.45) is 0 Å². The number of hydrogen-bond acceptors (Lipinski definition) is 4. The largest absolute Gasteiger partial charge is 0.481 e. The predicted octanol–water partition coefficient (Wildman–Crippen LogP) is 3.41. The molecule has 0 amide bonds. The zero-order valence-electron chi connectivity index (χ0n) is 14.9. The molecule has 3 rings (SSSR count). The Balaban J connectivity index is 1.91. The highest BCUT2D eigenvalue weighted by atomic mass is 16.6. The highest BCUT2D eigenvalue weighted by Crippen LogP contribution is 2.33. The van der Waals surface area contributed by atoms with E-state index in [1.165, 1.54) is 0 Å². The summed E-state index contributed by atoms with van der Waals surface area (Å²) in [5, 5.41) is 12.6. The van der Waals surface area contributed by atoms with Crippen molar-refractivity contribution in [1.82, 2.24) is 5.32 Å². The van der Waals surface area contributed by atoms with E-state index in [0.717, 1.165) is 29.0 Å². The average Bonchev–Trinajstić information content (AvgIpc) is 3.15. The van der Waals surface area contributed by atoms with Gasteiger partial charge in [-0.05, 0) is 35.1 Å². The monoisotopic (exact) mass is 341 g/mol. The summed E-state index contributed by atoms with van der Waals surface area (Å²) in [5.41, 5.74) is 3.38. The molecule has 134 valence electrons. The van der Waals surface area contributed by atoms with Gasteiger partial charge in [0.15, 0.2) is 6.10 Å². The summed E-state index contributed by atoms with van der Waals surface area (Å²) in [6, 6.07) is 16.4. The first kappa shape index (κ1) is 17.9. The van der Waals surface area contributed by atoms with Gasteiger partial charge in [-0.2, -0.15) is 0 Å². The number of benzene rings is 2. The molecule has 25 heavy (non-hydrogen) atoms. The zero-order chi connectivity index (χ0) is 17.6. The van der Waals surface area contributed by atoms with Crippen LogP contribution in [0.3, 0.4) is 0 Å². The highest BCUT2D eigenvalue weighted by molar-refractivity contribution is 5.40. The molecule has 2 aromatic carbocycles. The van der Waals surface area contributed by atoms with Crippen molar-refractivity contribution in [1.29, 1.82) is 0 Å². The standard InChI is InChI=1S/C21H27NO3/c1-15(2)18-14-16(10-12-23)8-9-19(18)25-20(21-22-11-13-24-21)17-6-4-3-5-7-17/h3-9,14-15,20-23H,10-13H2,1-2H3. The molecule has 0 aromatic heterocycles. The van der Waals surface area contributed by atoms with Crippen molar-refractivity contribution < 1.29 is 14.6 Å². The Morgan fingerprint density at radius 3 is 2.64 bits per heavy atom. The maximum atomic E-state index is 9.20. The first-order valence-electron chi connectivity index (χ1n) is 8.99. The van der Waals surface area contributed by atoms with Gasteiger partial charge in [0, 0.05) is 13.2 Å². The number of aliphatic hydroxyl groups excluding tert-OH is 1. The van der Waals surface area contributed by atoms with Crippen LogP contribution >= 0.6 is 0 Å². The van der Waals surface area contributed by atoms with E-state index in [1.54, 1.807) is 0 Å². The first-order valence-corrected chi connectivity index (χ1v) is 8.99. The lowest BCUT2D eigenvalue weighted by atomic mass is 9.98. The van der Waals surface area contributed by atoms with E-state index in [0.29, 0.717) is 18.9 Å². The van der Waals surface area contributed by atoms with Gasteiger partial charge in [0.25, 0.3) is 0 Å². The number of nitrogens with one attached hydrogen (secondary N) is 1. The maximum Gasteiger partial charge on any atom is 0.163 e. The third-order valence-corrected chi connectivity index (χ3v) is 4.50. The molecular formula is C21H27NO3. The Bertz CT molecular complexity index is 666. The molecule has 4 nitrogen and oxygen atoms in total. The van der Waals surface area contributed by atoms with Crippen LogP contribution in [0.5, 0.6) is 5.75 Å². The number of ether oxygens (including phenoxy) is 2. The summed E-state index contributed by atoms with van der Waals surface area (Å²) in [4.78, 5) is 0. The van der Waals surface area contributed by atoms with Crippen LogP contribution in [-0.2, 0) is 11.2 Å². The molecule has 1 saturated heterocycles. The quantitative estimate of drug-likeness (QED) is 0.810. The second-order valence-electron chi connectivity index (χ2n) is 6.70. The van der Waals surface area contributed by atoms with Crippen LogP contribution in [0.15, 0.2) is 48.5 Å². The van der Waals surface area contributed by atoms with E-state index in [9.17, 15) is 5.11 Å². The molecule has 0 aliphatic carbocycles. The Labute approximate surface area is 149 Å². The van der Waals surface area contributed by atoms with Crippen LogP contribution in [0.1, 0.15) is 42.6 Å². The van der Waals surface area contributed by atoms with Gasteiger partial charge < -0.3 is 14.6 Å². The summed E-state index contributed by atoms with van der Waals surface area (Å²) < 4.78 is 12.3. The van der Waals surface area contributed by atoms with Crippen molar-refractivity contribution in [3.63, 3.8) is 0 Å². The molecule has 4 heteroatoms. The summed E-state index contributed by atoms with van der Waals surface area (Å²) in [7, 11) is 0. The van der Waals surface area contributed by atoms with E-state index >= 15 is 0 Å². The van der Waals surface area contributed by atoms with Crippen molar-refractivity contribution >= 4 is 0 Å². The van der Waals surface area contributed by atoms with E-state index in [4.69, 9.17) is 9.47 Å². The molecule has 1 aliphatic rings. The number of rotatable bonds is 7. The molecule has 2 atom stereocenters. The van der Waals surface area contributed by atoms with Gasteiger partial charge in [0.1, 0.15) is 12.0 Å². The SMILES string of the molecule is CC(C)c1cc(CCO)ccc1OC(c1ccccc1)C1NCCO1. The van der Waals surface area contributed by atoms with E-state index in [1.807, 2.05) is 30.3 Å². The summed E-state index contributed by atoms with van der Waals surface area (Å²) in [5.74, 6) is 1.21. The smallest absolute Gasteiger partial charge is 0.163 e. The predicted molar refractivity (Wildman–Crippen MR) is 98.9 cm³/mol. The number of aliphatic hydroxyl groups is 1. The van der Waals surface area contributed by atoms with Crippen molar-refractivity contribution in [3.8, 4) is 5.75 Å². The molecule has 0 bridgehead atoms. The molecule has 0 radical (unpaired) electrons. The third kappa shape index (κ3) is 4.40. The topological polar surface area (TPSA) is 50.7 Å². The molecule has 0 saturated carbocycles. The molecular weight excluding hydrogens is 314 g/mol. The van der Waals surface area contributed by atoms with Crippen LogP contribution < -0.4 is 10.1 Å². The minimum Gasteiger partial charge on any atom is -0.481 e. The first-order chi connectivity index (χ1) is 12.2. The normalized spacial score (nSPS) is 18.5. The van der Waals surface area contributed by atoms with Crippen LogP contribution in [-0.4, -0.2) is 31.1 Å². The summed E-state index contributed by atoms with van der Waals surface area (Å²) in [6.07, 6.45) is 0.305. The van der Waals surface area contributed by atoms with E-state index in [-0.39, 0.29) is 18.9 Å². The zero-order valence-corrected chi connectivity index (χ0v) is 14.9. The summed E-state index contributed by atoms with van der Waals surface area (Å²) in [6.45, 7) is 6.01. The lowest BCUT2D eigenvalue weighted by molar-refractivity contribution is 0.000820. The van der Waals surface area contributed by atoms with Crippen molar-refractivity contribution in [2.45, 2.75) is 38.5 Å². The van der Waals surface area contributed by atoms with Gasteiger partial charge in [-0.25, -0.2) is 0 Å². The molecule has 2 unspecified atom stereocenters. The van der Waals surface area contributed by atoms with Gasteiger partial charge in [-0.15, -0.1) is 0 Å². The average molecular weight is 341 g/mol. The number of hydrogen-bond donors (Lipinski definition) is 2. The molecule has 1 fully saturated rings. The van der Waals surface area contributed by atoms with Gasteiger partial charge in [0.05, 0.1) is 6.61 Å². The Hall–Kier alpha value is -1.88. The van der Waals surface area contributed by atoms with Crippen LogP contribution in [0.25, 0.3) is 0 Å². The second-order valence-corrected chi connectivity index (χ2v) is 6.70. The molecule has 1 heterocycles. The van der Waals surface area contributed by atoms with Gasteiger partial charge >= 0.3 is 0 Å². The van der Waals surface area contributed by atoms with Crippen LogP contribution in [0.4, 0.5) is 0 Å². The Morgan fingerprint density at radius 1 is 1.20 bits per heavy atom. The fraction of sp³-hybridized carbons (Fsp3) is 0.429. The Kier molecular flexibility index (Phi) is 6.08.